The van der Waals surface area contributed by atoms with Gasteiger partial charge in [-0.2, -0.15) is 0 Å². The Labute approximate surface area is 163 Å². The lowest BCUT2D eigenvalue weighted by Crippen LogP contribution is -2.31. The minimum Gasteiger partial charge on any atom is -0.303 e. The third-order valence-corrected chi connectivity index (χ3v) is 5.88. The van der Waals surface area contributed by atoms with Crippen molar-refractivity contribution in [3.63, 3.8) is 0 Å². The van der Waals surface area contributed by atoms with Gasteiger partial charge in [-0.25, -0.2) is 14.5 Å². The van der Waals surface area contributed by atoms with E-state index in [0.717, 1.165) is 23.4 Å². The molecule has 6 heteroatoms. The lowest BCUT2D eigenvalue weighted by Gasteiger charge is -2.26. The summed E-state index contributed by atoms with van der Waals surface area (Å²) in [6, 6.07) is 11.4. The normalized spacial score (nSPS) is 15.3. The average Bonchev–Trinajstić information content (AvgIpc) is 2.69. The first kappa shape index (κ1) is 18.2. The molecular formula is C21H24N4OS. The summed E-state index contributed by atoms with van der Waals surface area (Å²) < 4.78 is 1.66. The molecule has 1 saturated heterocycles. The van der Waals surface area contributed by atoms with Crippen molar-refractivity contribution in [1.29, 1.82) is 0 Å². The summed E-state index contributed by atoms with van der Waals surface area (Å²) in [5.74, 6) is 1.55. The summed E-state index contributed by atoms with van der Waals surface area (Å²) in [5, 5.41) is 1.34. The standard InChI is InChI=1S/C21H24N4OS/c1-16-9-10-22-19(15-16)25-20(26)17-7-3-4-8-18(17)23-21(25)27-14-13-24-11-5-2-6-12-24/h3-4,7-10,15H,2,5-6,11-14H2,1H3. The summed E-state index contributed by atoms with van der Waals surface area (Å²) in [5.41, 5.74) is 1.76. The Bertz CT molecular complexity index is 995. The van der Waals surface area contributed by atoms with Gasteiger partial charge in [0.15, 0.2) is 5.16 Å². The molecule has 1 aliphatic heterocycles. The van der Waals surface area contributed by atoms with Crippen molar-refractivity contribution in [1.82, 2.24) is 19.4 Å². The Hall–Kier alpha value is -2.18. The highest BCUT2D eigenvalue weighted by molar-refractivity contribution is 7.99. The SMILES string of the molecule is Cc1ccnc(-n2c(SCCN3CCCCC3)nc3ccccc3c2=O)c1. The van der Waals surface area contributed by atoms with Crippen LogP contribution >= 0.6 is 11.8 Å². The van der Waals surface area contributed by atoms with E-state index in [-0.39, 0.29) is 5.56 Å². The first-order valence-corrected chi connectivity index (χ1v) is 10.5. The predicted molar refractivity (Wildman–Crippen MR) is 111 cm³/mol. The lowest BCUT2D eigenvalue weighted by molar-refractivity contribution is 0.242. The van der Waals surface area contributed by atoms with Crippen molar-refractivity contribution in [2.24, 2.45) is 0 Å². The molecule has 2 aromatic heterocycles. The van der Waals surface area contributed by atoms with E-state index in [1.54, 1.807) is 22.5 Å². The fraction of sp³-hybridized carbons (Fsp3) is 0.381. The molecule has 27 heavy (non-hydrogen) atoms. The zero-order valence-corrected chi connectivity index (χ0v) is 16.4. The summed E-state index contributed by atoms with van der Waals surface area (Å²) in [6.45, 7) is 5.39. The Morgan fingerprint density at radius 1 is 1.11 bits per heavy atom. The van der Waals surface area contributed by atoms with Gasteiger partial charge in [-0.05, 0) is 62.7 Å². The number of nitrogens with zero attached hydrogens (tertiary/aromatic N) is 4. The maximum atomic E-state index is 13.2. The maximum Gasteiger partial charge on any atom is 0.267 e. The fourth-order valence-corrected chi connectivity index (χ4v) is 4.50. The minimum atomic E-state index is -0.0563. The monoisotopic (exact) mass is 380 g/mol. The van der Waals surface area contributed by atoms with E-state index in [4.69, 9.17) is 4.98 Å². The van der Waals surface area contributed by atoms with Crippen LogP contribution < -0.4 is 5.56 Å². The van der Waals surface area contributed by atoms with Crippen LogP contribution in [-0.2, 0) is 0 Å². The molecule has 0 aliphatic carbocycles. The highest BCUT2D eigenvalue weighted by Gasteiger charge is 2.15. The summed E-state index contributed by atoms with van der Waals surface area (Å²) in [4.78, 5) is 24.9. The number of para-hydroxylation sites is 1. The van der Waals surface area contributed by atoms with Crippen LogP contribution in [0.5, 0.6) is 0 Å². The van der Waals surface area contributed by atoms with E-state index >= 15 is 0 Å². The molecular weight excluding hydrogens is 356 g/mol. The van der Waals surface area contributed by atoms with Gasteiger partial charge in [0.25, 0.3) is 5.56 Å². The quantitative estimate of drug-likeness (QED) is 0.499. The van der Waals surface area contributed by atoms with E-state index in [1.165, 1.54) is 32.4 Å². The zero-order chi connectivity index (χ0) is 18.6. The first-order valence-electron chi connectivity index (χ1n) is 9.52. The zero-order valence-electron chi connectivity index (χ0n) is 15.6. The topological polar surface area (TPSA) is 51.0 Å². The molecule has 3 aromatic rings. The molecule has 0 saturated carbocycles. The van der Waals surface area contributed by atoms with Crippen LogP contribution in [0, 0.1) is 6.92 Å². The van der Waals surface area contributed by atoms with Gasteiger partial charge in [0, 0.05) is 18.5 Å². The van der Waals surface area contributed by atoms with Crippen LogP contribution in [0.15, 0.2) is 52.5 Å². The molecule has 1 aliphatic rings. The second kappa shape index (κ2) is 8.23. The van der Waals surface area contributed by atoms with Crippen molar-refractivity contribution in [3.8, 4) is 5.82 Å². The molecule has 0 bridgehead atoms. The third-order valence-electron chi connectivity index (χ3n) is 4.96. The van der Waals surface area contributed by atoms with Gasteiger partial charge >= 0.3 is 0 Å². The number of fused-ring (bicyclic) bond motifs is 1. The lowest BCUT2D eigenvalue weighted by atomic mass is 10.1. The van der Waals surface area contributed by atoms with E-state index in [2.05, 4.69) is 9.88 Å². The Kier molecular flexibility index (Phi) is 5.55. The third kappa shape index (κ3) is 4.06. The fourth-order valence-electron chi connectivity index (χ4n) is 3.50. The molecule has 1 aromatic carbocycles. The van der Waals surface area contributed by atoms with Gasteiger partial charge in [-0.3, -0.25) is 4.79 Å². The second-order valence-electron chi connectivity index (χ2n) is 6.99. The van der Waals surface area contributed by atoms with E-state index in [0.29, 0.717) is 16.4 Å². The molecule has 0 amide bonds. The van der Waals surface area contributed by atoms with Crippen molar-refractivity contribution < 1.29 is 0 Å². The summed E-state index contributed by atoms with van der Waals surface area (Å²) in [7, 11) is 0. The van der Waals surface area contributed by atoms with E-state index in [1.807, 2.05) is 43.3 Å². The number of benzene rings is 1. The van der Waals surface area contributed by atoms with Crippen LogP contribution in [0.25, 0.3) is 16.7 Å². The van der Waals surface area contributed by atoms with Gasteiger partial charge in [-0.15, -0.1) is 0 Å². The Balaban J connectivity index is 1.69. The number of aromatic nitrogens is 3. The summed E-state index contributed by atoms with van der Waals surface area (Å²) in [6.07, 6.45) is 5.66. The Morgan fingerprint density at radius 2 is 1.93 bits per heavy atom. The van der Waals surface area contributed by atoms with Gasteiger partial charge in [0.1, 0.15) is 5.82 Å². The molecule has 1 fully saturated rings. The number of aryl methyl sites for hydroxylation is 1. The molecule has 4 rings (SSSR count). The number of rotatable bonds is 5. The summed E-state index contributed by atoms with van der Waals surface area (Å²) >= 11 is 1.64. The van der Waals surface area contributed by atoms with Gasteiger partial charge < -0.3 is 4.90 Å². The molecule has 0 spiro atoms. The highest BCUT2D eigenvalue weighted by atomic mass is 32.2. The van der Waals surface area contributed by atoms with Crippen molar-refractivity contribution in [2.45, 2.75) is 31.3 Å². The molecule has 5 nitrogen and oxygen atoms in total. The number of pyridine rings is 1. The van der Waals surface area contributed by atoms with Crippen LogP contribution in [0.1, 0.15) is 24.8 Å². The smallest absolute Gasteiger partial charge is 0.267 e. The van der Waals surface area contributed by atoms with E-state index < -0.39 is 0 Å². The van der Waals surface area contributed by atoms with Crippen LogP contribution in [0.3, 0.4) is 0 Å². The van der Waals surface area contributed by atoms with E-state index in [9.17, 15) is 4.79 Å². The number of hydrogen-bond acceptors (Lipinski definition) is 5. The van der Waals surface area contributed by atoms with Crippen LogP contribution in [-0.4, -0.2) is 44.8 Å². The van der Waals surface area contributed by atoms with Crippen molar-refractivity contribution >= 4 is 22.7 Å². The van der Waals surface area contributed by atoms with Crippen molar-refractivity contribution in [3.05, 3.63) is 58.5 Å². The number of likely N-dealkylation sites (tertiary alicyclic amines) is 1. The number of hydrogen-bond donors (Lipinski definition) is 0. The number of thioether (sulfide) groups is 1. The van der Waals surface area contributed by atoms with Crippen LogP contribution in [0.2, 0.25) is 0 Å². The van der Waals surface area contributed by atoms with Crippen LogP contribution in [0.4, 0.5) is 0 Å². The molecule has 0 N–H and O–H groups in total. The van der Waals surface area contributed by atoms with Gasteiger partial charge in [0.2, 0.25) is 0 Å². The van der Waals surface area contributed by atoms with Gasteiger partial charge in [0.05, 0.1) is 10.9 Å². The molecule has 0 atom stereocenters. The Morgan fingerprint density at radius 3 is 2.74 bits per heavy atom. The first-order chi connectivity index (χ1) is 13.2. The molecule has 0 unspecified atom stereocenters. The highest BCUT2D eigenvalue weighted by Crippen LogP contribution is 2.21. The second-order valence-corrected chi connectivity index (χ2v) is 8.06. The van der Waals surface area contributed by atoms with Crippen molar-refractivity contribution in [2.75, 3.05) is 25.4 Å². The molecule has 0 radical (unpaired) electrons. The van der Waals surface area contributed by atoms with Gasteiger partial charge in [-0.1, -0.05) is 30.3 Å². The molecule has 140 valence electrons. The largest absolute Gasteiger partial charge is 0.303 e. The minimum absolute atomic E-state index is 0.0563. The average molecular weight is 381 g/mol. The maximum absolute atomic E-state index is 13.2. The number of piperidine rings is 1. The molecule has 3 heterocycles. The predicted octanol–water partition coefficient (Wildman–Crippen LogP) is 3.67.